The Kier molecular flexibility index (Phi) is 6.36. The molecule has 4 nitrogen and oxygen atoms in total. The van der Waals surface area contributed by atoms with E-state index in [2.05, 4.69) is 4.74 Å². The number of methoxy groups -OCH3 is 2. The van der Waals surface area contributed by atoms with Gasteiger partial charge < -0.3 is 14.2 Å². The van der Waals surface area contributed by atoms with Crippen LogP contribution in [0.4, 0.5) is 8.78 Å². The number of carbonyl (C=O) groups excluding carboxylic acids is 1. The van der Waals surface area contributed by atoms with Gasteiger partial charge >= 0.3 is 6.61 Å². The van der Waals surface area contributed by atoms with E-state index in [1.165, 1.54) is 44.6 Å². The molecule has 0 aliphatic heterocycles. The summed E-state index contributed by atoms with van der Waals surface area (Å²) in [5.41, 5.74) is 0.984. The van der Waals surface area contributed by atoms with E-state index in [9.17, 15) is 13.6 Å². The maximum absolute atomic E-state index is 12.1. The zero-order valence-electron chi connectivity index (χ0n) is 13.5. The number of hydrogen-bond acceptors (Lipinski definition) is 4. The predicted molar refractivity (Wildman–Crippen MR) is 91.0 cm³/mol. The number of alkyl halides is 2. The molecule has 0 bridgehead atoms. The van der Waals surface area contributed by atoms with E-state index in [-0.39, 0.29) is 11.5 Å². The van der Waals surface area contributed by atoms with Gasteiger partial charge in [-0.2, -0.15) is 8.78 Å². The van der Waals surface area contributed by atoms with Crippen LogP contribution in [0.1, 0.15) is 15.9 Å². The topological polar surface area (TPSA) is 44.8 Å². The van der Waals surface area contributed by atoms with Gasteiger partial charge in [-0.25, -0.2) is 0 Å². The van der Waals surface area contributed by atoms with Gasteiger partial charge in [-0.05, 0) is 48.0 Å². The van der Waals surface area contributed by atoms with Crippen molar-refractivity contribution in [2.45, 2.75) is 6.61 Å². The highest BCUT2D eigenvalue weighted by atomic mass is 35.5. The van der Waals surface area contributed by atoms with Crippen molar-refractivity contribution in [2.75, 3.05) is 14.2 Å². The van der Waals surface area contributed by atoms with Crippen LogP contribution in [0.15, 0.2) is 42.5 Å². The van der Waals surface area contributed by atoms with Crippen LogP contribution in [0.2, 0.25) is 5.02 Å². The van der Waals surface area contributed by atoms with E-state index in [1.54, 1.807) is 18.2 Å². The number of hydrogen-bond donors (Lipinski definition) is 0. The van der Waals surface area contributed by atoms with Crippen molar-refractivity contribution in [3.63, 3.8) is 0 Å². The number of benzene rings is 2. The number of ether oxygens (including phenoxy) is 3. The molecule has 2 aromatic carbocycles. The molecule has 0 aliphatic carbocycles. The van der Waals surface area contributed by atoms with Gasteiger partial charge in [-0.3, -0.25) is 4.79 Å². The minimum Gasteiger partial charge on any atom is -0.493 e. The Balaban J connectivity index is 2.16. The second-order valence-electron chi connectivity index (χ2n) is 4.84. The minimum atomic E-state index is -2.91. The Bertz CT molecular complexity index is 773. The first-order valence-electron chi connectivity index (χ1n) is 7.13. The molecule has 0 amide bonds. The molecule has 0 heterocycles. The van der Waals surface area contributed by atoms with Crippen LogP contribution in [0.25, 0.3) is 6.08 Å². The lowest BCUT2D eigenvalue weighted by Crippen LogP contribution is -2.02. The van der Waals surface area contributed by atoms with Crippen molar-refractivity contribution in [1.82, 2.24) is 0 Å². The van der Waals surface area contributed by atoms with Gasteiger partial charge in [-0.15, -0.1) is 0 Å². The first-order valence-corrected chi connectivity index (χ1v) is 7.51. The van der Waals surface area contributed by atoms with Gasteiger partial charge in [0.25, 0.3) is 0 Å². The van der Waals surface area contributed by atoms with Crippen molar-refractivity contribution in [2.24, 2.45) is 0 Å². The number of halogens is 3. The minimum absolute atomic E-state index is 0.0118. The van der Waals surface area contributed by atoms with Crippen LogP contribution >= 0.6 is 11.6 Å². The Labute approximate surface area is 148 Å². The molecule has 0 aromatic heterocycles. The van der Waals surface area contributed by atoms with Gasteiger partial charge in [0.05, 0.1) is 19.2 Å². The third kappa shape index (κ3) is 4.93. The van der Waals surface area contributed by atoms with Gasteiger partial charge in [0, 0.05) is 5.56 Å². The summed E-state index contributed by atoms with van der Waals surface area (Å²) in [5, 5.41) is 0.349. The molecule has 0 spiro atoms. The fraction of sp³-hybridized carbons (Fsp3) is 0.167. The lowest BCUT2D eigenvalue weighted by molar-refractivity contribution is -0.0498. The summed E-state index contributed by atoms with van der Waals surface area (Å²) >= 11 is 6.11. The molecule has 0 saturated carbocycles. The molecule has 132 valence electrons. The third-order valence-corrected chi connectivity index (χ3v) is 3.53. The zero-order chi connectivity index (χ0) is 18.4. The average Bonchev–Trinajstić information content (AvgIpc) is 2.59. The third-order valence-electron chi connectivity index (χ3n) is 3.25. The average molecular weight is 369 g/mol. The molecule has 25 heavy (non-hydrogen) atoms. The summed E-state index contributed by atoms with van der Waals surface area (Å²) in [6, 6.07) is 8.74. The quantitative estimate of drug-likeness (QED) is 0.517. The molecule has 2 aromatic rings. The molecule has 0 radical (unpaired) electrons. The highest BCUT2D eigenvalue weighted by Gasteiger charge is 2.10. The van der Waals surface area contributed by atoms with Crippen molar-refractivity contribution in [3.8, 4) is 17.2 Å². The van der Waals surface area contributed by atoms with E-state index in [0.717, 1.165) is 0 Å². The Morgan fingerprint density at radius 3 is 2.36 bits per heavy atom. The first-order chi connectivity index (χ1) is 11.9. The molecule has 0 unspecified atom stereocenters. The highest BCUT2D eigenvalue weighted by Crippen LogP contribution is 2.36. The van der Waals surface area contributed by atoms with Crippen molar-refractivity contribution >= 4 is 23.5 Å². The second kappa shape index (κ2) is 8.48. The van der Waals surface area contributed by atoms with Crippen LogP contribution in [-0.2, 0) is 0 Å². The molecule has 2 rings (SSSR count). The summed E-state index contributed by atoms with van der Waals surface area (Å²) in [5.74, 6) is 0.537. The van der Waals surface area contributed by atoms with Crippen LogP contribution in [0.3, 0.4) is 0 Å². The lowest BCUT2D eigenvalue weighted by Gasteiger charge is -2.10. The molecule has 0 N–H and O–H groups in total. The van der Waals surface area contributed by atoms with E-state index in [4.69, 9.17) is 21.1 Å². The lowest BCUT2D eigenvalue weighted by atomic mass is 10.1. The Hall–Kier alpha value is -2.60. The summed E-state index contributed by atoms with van der Waals surface area (Å²) in [7, 11) is 2.96. The maximum atomic E-state index is 12.1. The maximum Gasteiger partial charge on any atom is 0.387 e. The Morgan fingerprint density at radius 2 is 1.80 bits per heavy atom. The van der Waals surface area contributed by atoms with E-state index >= 15 is 0 Å². The standard InChI is InChI=1S/C18H15ClF2O4/c1-23-16-10-11(9-14(19)17(16)24-2)3-8-15(22)12-4-6-13(7-5-12)25-18(20)21/h3-10,18H,1-2H3. The molecular weight excluding hydrogens is 354 g/mol. The number of rotatable bonds is 7. The number of allylic oxidation sites excluding steroid dienone is 1. The van der Waals surface area contributed by atoms with Crippen molar-refractivity contribution in [1.29, 1.82) is 0 Å². The summed E-state index contributed by atoms with van der Waals surface area (Å²) in [6.45, 7) is -2.91. The number of ketones is 1. The van der Waals surface area contributed by atoms with Crippen LogP contribution in [0.5, 0.6) is 17.2 Å². The van der Waals surface area contributed by atoms with Crippen LogP contribution in [-0.4, -0.2) is 26.6 Å². The normalized spacial score (nSPS) is 11.0. The monoisotopic (exact) mass is 368 g/mol. The summed E-state index contributed by atoms with van der Waals surface area (Å²) in [4.78, 5) is 12.1. The van der Waals surface area contributed by atoms with E-state index in [0.29, 0.717) is 27.6 Å². The van der Waals surface area contributed by atoms with Gasteiger partial charge in [-0.1, -0.05) is 17.7 Å². The van der Waals surface area contributed by atoms with Crippen LogP contribution in [0, 0.1) is 0 Å². The fourth-order valence-corrected chi connectivity index (χ4v) is 2.40. The fourth-order valence-electron chi connectivity index (χ4n) is 2.10. The van der Waals surface area contributed by atoms with Gasteiger partial charge in [0.1, 0.15) is 5.75 Å². The smallest absolute Gasteiger partial charge is 0.387 e. The molecule has 0 atom stereocenters. The molecule has 0 aliphatic rings. The Morgan fingerprint density at radius 1 is 1.12 bits per heavy atom. The summed E-state index contributed by atoms with van der Waals surface area (Å²) < 4.78 is 38.8. The first kappa shape index (κ1) is 18.7. The summed E-state index contributed by atoms with van der Waals surface area (Å²) in [6.07, 6.45) is 2.92. The van der Waals surface area contributed by atoms with Gasteiger partial charge in [0.15, 0.2) is 17.3 Å². The molecule has 0 fully saturated rings. The molecule has 0 saturated heterocycles. The molecule has 7 heteroatoms. The van der Waals surface area contributed by atoms with E-state index < -0.39 is 6.61 Å². The van der Waals surface area contributed by atoms with Crippen molar-refractivity contribution in [3.05, 3.63) is 58.6 Å². The van der Waals surface area contributed by atoms with E-state index in [1.807, 2.05) is 0 Å². The predicted octanol–water partition coefficient (Wildman–Crippen LogP) is 4.85. The zero-order valence-corrected chi connectivity index (χ0v) is 14.2. The number of carbonyl (C=O) groups is 1. The SMILES string of the molecule is COc1cc(C=CC(=O)c2ccc(OC(F)F)cc2)cc(Cl)c1OC. The largest absolute Gasteiger partial charge is 0.493 e. The molecular formula is C18H15ClF2O4. The second-order valence-corrected chi connectivity index (χ2v) is 5.25. The van der Waals surface area contributed by atoms with Crippen molar-refractivity contribution < 1.29 is 27.8 Å². The van der Waals surface area contributed by atoms with Crippen LogP contribution < -0.4 is 14.2 Å². The highest BCUT2D eigenvalue weighted by molar-refractivity contribution is 6.32. The van der Waals surface area contributed by atoms with Gasteiger partial charge in [0.2, 0.25) is 0 Å².